The van der Waals surface area contributed by atoms with Crippen LogP contribution in [0.5, 0.6) is 0 Å². The van der Waals surface area contributed by atoms with Gasteiger partial charge in [0.05, 0.1) is 15.5 Å². The predicted octanol–water partition coefficient (Wildman–Crippen LogP) is 7.30. The van der Waals surface area contributed by atoms with E-state index in [2.05, 4.69) is 25.2 Å². The minimum absolute atomic E-state index is 0.0548. The molecule has 1 N–H and O–H groups in total. The van der Waals surface area contributed by atoms with Gasteiger partial charge in [-0.05, 0) is 79.8 Å². The van der Waals surface area contributed by atoms with Crippen molar-refractivity contribution in [2.24, 2.45) is 28.6 Å². The van der Waals surface area contributed by atoms with E-state index in [9.17, 15) is 14.9 Å². The largest absolute Gasteiger partial charge is 0.462 e. The van der Waals surface area contributed by atoms with Crippen LogP contribution in [0.1, 0.15) is 76.3 Å². The van der Waals surface area contributed by atoms with E-state index in [1.54, 1.807) is 29.5 Å². The molecular weight excluding hydrogens is 486 g/mol. The van der Waals surface area contributed by atoms with Crippen LogP contribution in [0, 0.1) is 38.7 Å². The number of aryl methyl sites for hydroxylation is 1. The molecule has 8 heteroatoms. The van der Waals surface area contributed by atoms with Crippen molar-refractivity contribution in [3.8, 4) is 0 Å². The Morgan fingerprint density at radius 3 is 2.81 bits per heavy atom. The van der Waals surface area contributed by atoms with Gasteiger partial charge >= 0.3 is 5.97 Å². The van der Waals surface area contributed by atoms with Gasteiger partial charge in [-0.3, -0.25) is 14.9 Å². The summed E-state index contributed by atoms with van der Waals surface area (Å²) in [6, 6.07) is 6.74. The monoisotopic (exact) mass is 521 g/mol. The lowest BCUT2D eigenvalue weighted by Crippen LogP contribution is -2.50. The average Bonchev–Trinajstić information content (AvgIpc) is 3.44. The average molecular weight is 522 g/mol. The number of thiazole rings is 1. The Labute approximate surface area is 221 Å². The molecule has 0 radical (unpaired) electrons. The fourth-order valence-electron chi connectivity index (χ4n) is 8.17. The van der Waals surface area contributed by atoms with E-state index in [1.165, 1.54) is 22.9 Å². The highest BCUT2D eigenvalue weighted by atomic mass is 32.1. The first kappa shape index (κ1) is 24.6. The maximum atomic E-state index is 12.1. The molecule has 196 valence electrons. The summed E-state index contributed by atoms with van der Waals surface area (Å²) in [5.74, 6) is 1.77. The number of hydrogen-bond acceptors (Lipinski definition) is 7. The van der Waals surface area contributed by atoms with Crippen LogP contribution < -0.4 is 5.32 Å². The fourth-order valence-corrected chi connectivity index (χ4v) is 9.37. The molecule has 4 aliphatic carbocycles. The fraction of sp³-hybridized carbons (Fsp3) is 0.586. The lowest BCUT2D eigenvalue weighted by molar-refractivity contribution is -0.383. The molecular formula is C29H35N3O4S. The van der Waals surface area contributed by atoms with E-state index >= 15 is 0 Å². The van der Waals surface area contributed by atoms with Gasteiger partial charge in [0, 0.05) is 17.9 Å². The first-order chi connectivity index (χ1) is 17.7. The molecule has 0 bridgehead atoms. The number of fused-ring (bicyclic) bond motifs is 7. The minimum Gasteiger partial charge on any atom is -0.462 e. The SMILES string of the molecule is CCC(=O)O[C@H]1CC[C@H]2[C@@H]3CC=C4c5sc(Nc6ccccc6[N+](=O)[O-])nc5CC[C@]4(C)[C@H]3CC[C@]12C. The number of nitro benzene ring substituents is 1. The number of nitrogens with one attached hydrogen (secondary N) is 1. The normalized spacial score (nSPS) is 33.9. The Kier molecular flexibility index (Phi) is 5.93. The number of aromatic nitrogens is 1. The summed E-state index contributed by atoms with van der Waals surface area (Å²) in [5, 5.41) is 15.4. The Balaban J connectivity index is 1.28. The molecule has 0 unspecified atom stereocenters. The van der Waals surface area contributed by atoms with Gasteiger partial charge in [-0.1, -0.05) is 50.3 Å². The maximum absolute atomic E-state index is 12.1. The molecule has 7 nitrogen and oxygen atoms in total. The van der Waals surface area contributed by atoms with Crippen LogP contribution in [-0.4, -0.2) is 22.0 Å². The molecule has 4 aliphatic rings. The molecule has 0 spiro atoms. The number of nitro groups is 1. The molecule has 6 rings (SSSR count). The number of allylic oxidation sites excluding steroid dienone is 2. The van der Waals surface area contributed by atoms with Gasteiger partial charge in [-0.25, -0.2) is 4.98 Å². The van der Waals surface area contributed by atoms with Crippen LogP contribution in [0.3, 0.4) is 0 Å². The van der Waals surface area contributed by atoms with Crippen molar-refractivity contribution >= 4 is 39.4 Å². The first-order valence-electron chi connectivity index (χ1n) is 13.6. The Morgan fingerprint density at radius 1 is 1.22 bits per heavy atom. The van der Waals surface area contributed by atoms with Gasteiger partial charge in [-0.2, -0.15) is 0 Å². The lowest BCUT2D eigenvalue weighted by Gasteiger charge is -2.56. The number of rotatable bonds is 5. The number of anilines is 2. The van der Waals surface area contributed by atoms with Crippen LogP contribution in [0.2, 0.25) is 0 Å². The maximum Gasteiger partial charge on any atom is 0.305 e. The number of esters is 1. The molecule has 2 fully saturated rings. The molecule has 2 aromatic rings. The highest BCUT2D eigenvalue weighted by Crippen LogP contribution is 2.66. The van der Waals surface area contributed by atoms with Crippen LogP contribution in [0.25, 0.3) is 5.57 Å². The van der Waals surface area contributed by atoms with Gasteiger partial charge in [0.15, 0.2) is 5.13 Å². The summed E-state index contributed by atoms with van der Waals surface area (Å²) in [7, 11) is 0. The Morgan fingerprint density at radius 2 is 2.03 bits per heavy atom. The van der Waals surface area contributed by atoms with Gasteiger partial charge in [0.2, 0.25) is 0 Å². The zero-order valence-corrected chi connectivity index (χ0v) is 22.6. The number of para-hydroxylation sites is 2. The Hall–Kier alpha value is -2.74. The van der Waals surface area contributed by atoms with Crippen molar-refractivity contribution in [2.45, 2.75) is 78.2 Å². The lowest BCUT2D eigenvalue weighted by atomic mass is 9.48. The van der Waals surface area contributed by atoms with Gasteiger partial charge < -0.3 is 10.1 Å². The summed E-state index contributed by atoms with van der Waals surface area (Å²) in [5.41, 5.74) is 3.27. The summed E-state index contributed by atoms with van der Waals surface area (Å²) in [4.78, 5) is 29.4. The quantitative estimate of drug-likeness (QED) is 0.252. The third-order valence-corrected chi connectivity index (χ3v) is 11.2. The van der Waals surface area contributed by atoms with Crippen molar-refractivity contribution in [1.82, 2.24) is 4.98 Å². The van der Waals surface area contributed by atoms with Crippen LogP contribution in [0.15, 0.2) is 30.3 Å². The molecule has 1 aromatic carbocycles. The number of carbonyl (C=O) groups excluding carboxylic acids is 1. The van der Waals surface area contributed by atoms with Gasteiger partial charge in [0.1, 0.15) is 11.8 Å². The van der Waals surface area contributed by atoms with E-state index in [0.29, 0.717) is 29.9 Å². The van der Waals surface area contributed by atoms with Crippen molar-refractivity contribution in [2.75, 3.05) is 5.32 Å². The van der Waals surface area contributed by atoms with Gasteiger partial charge in [0.25, 0.3) is 5.69 Å². The van der Waals surface area contributed by atoms with E-state index in [-0.39, 0.29) is 33.5 Å². The second-order valence-electron chi connectivity index (χ2n) is 11.8. The summed E-state index contributed by atoms with van der Waals surface area (Å²) < 4.78 is 5.96. The van der Waals surface area contributed by atoms with Crippen molar-refractivity contribution in [3.63, 3.8) is 0 Å². The number of nitrogens with zero attached hydrogens (tertiary/aromatic N) is 2. The summed E-state index contributed by atoms with van der Waals surface area (Å²) in [6.45, 7) is 6.71. The van der Waals surface area contributed by atoms with Crippen LogP contribution in [0.4, 0.5) is 16.5 Å². The molecule has 0 aliphatic heterocycles. The zero-order valence-electron chi connectivity index (χ0n) is 21.8. The van der Waals surface area contributed by atoms with E-state index in [4.69, 9.17) is 9.72 Å². The number of carbonyl (C=O) groups is 1. The summed E-state index contributed by atoms with van der Waals surface area (Å²) in [6.07, 6.45) is 10.5. The van der Waals surface area contributed by atoms with Crippen molar-refractivity contribution < 1.29 is 14.5 Å². The molecule has 1 heterocycles. The molecule has 37 heavy (non-hydrogen) atoms. The van der Waals surface area contributed by atoms with E-state index in [0.717, 1.165) is 49.4 Å². The van der Waals surface area contributed by atoms with Gasteiger partial charge in [-0.15, -0.1) is 0 Å². The molecule has 2 saturated carbocycles. The second kappa shape index (κ2) is 8.93. The van der Waals surface area contributed by atoms with Crippen molar-refractivity contribution in [3.05, 3.63) is 51.0 Å². The standard InChI is InChI=1S/C29H35N3O4S/c1-4-25(33)36-24-12-11-18-17-9-10-20-26-22(14-16-28(20,2)19(17)13-15-29(18,24)3)31-27(37-26)30-21-7-5-6-8-23(21)32(34)35/h5-8,10,17-19,24H,4,9,11-16H2,1-3H3,(H,30,31)/t17-,18-,19-,24-,28+,29-/m0/s1. The predicted molar refractivity (Wildman–Crippen MR) is 145 cm³/mol. The topological polar surface area (TPSA) is 94.4 Å². The molecule has 6 atom stereocenters. The molecule has 0 saturated heterocycles. The first-order valence-corrected chi connectivity index (χ1v) is 14.5. The third kappa shape index (κ3) is 3.82. The Bertz CT molecular complexity index is 1290. The highest BCUT2D eigenvalue weighted by Gasteiger charge is 2.60. The number of hydrogen-bond donors (Lipinski definition) is 1. The molecule has 0 amide bonds. The summed E-state index contributed by atoms with van der Waals surface area (Å²) >= 11 is 1.63. The highest BCUT2D eigenvalue weighted by molar-refractivity contribution is 7.16. The van der Waals surface area contributed by atoms with E-state index in [1.807, 2.05) is 6.92 Å². The third-order valence-electron chi connectivity index (χ3n) is 10.1. The van der Waals surface area contributed by atoms with Crippen molar-refractivity contribution in [1.29, 1.82) is 0 Å². The number of benzene rings is 1. The minimum atomic E-state index is -0.357. The van der Waals surface area contributed by atoms with Crippen LogP contribution in [-0.2, 0) is 16.0 Å². The van der Waals surface area contributed by atoms with Crippen LogP contribution >= 0.6 is 11.3 Å². The zero-order chi connectivity index (χ0) is 25.9. The van der Waals surface area contributed by atoms with E-state index < -0.39 is 0 Å². The number of ether oxygens (including phenoxy) is 1. The smallest absolute Gasteiger partial charge is 0.305 e. The second-order valence-corrected chi connectivity index (χ2v) is 12.8. The molecule has 1 aromatic heterocycles.